The maximum absolute atomic E-state index is 11.9. The van der Waals surface area contributed by atoms with Gasteiger partial charge in [0.2, 0.25) is 0 Å². The number of hydrogen-bond donors (Lipinski definition) is 1. The number of carbonyl (C=O) groups is 2. The molecule has 0 unspecified atom stereocenters. The predicted molar refractivity (Wildman–Crippen MR) is 95.0 cm³/mol. The SMILES string of the molecule is O=C([O-])c1ccc(-c2ccc(/C=N\NC(=O)c3ccc(Cl)cc3)o2)cc1. The molecular weight excluding hydrogens is 356 g/mol. The van der Waals surface area contributed by atoms with Crippen molar-refractivity contribution in [3.63, 3.8) is 0 Å². The molecule has 0 saturated carbocycles. The highest BCUT2D eigenvalue weighted by atomic mass is 35.5. The zero-order valence-corrected chi connectivity index (χ0v) is 14.1. The van der Waals surface area contributed by atoms with Gasteiger partial charge < -0.3 is 14.3 Å². The minimum Gasteiger partial charge on any atom is -0.545 e. The zero-order chi connectivity index (χ0) is 18.5. The molecule has 3 aromatic rings. The van der Waals surface area contributed by atoms with Crippen LogP contribution in [0.3, 0.4) is 0 Å². The number of furan rings is 1. The maximum atomic E-state index is 11.9. The molecule has 1 heterocycles. The monoisotopic (exact) mass is 367 g/mol. The Labute approximate surface area is 153 Å². The number of aromatic carboxylic acids is 1. The quantitative estimate of drug-likeness (QED) is 0.554. The third-order valence-electron chi connectivity index (χ3n) is 3.50. The van der Waals surface area contributed by atoms with Gasteiger partial charge in [0.05, 0.1) is 12.2 Å². The van der Waals surface area contributed by atoms with E-state index in [2.05, 4.69) is 10.5 Å². The van der Waals surface area contributed by atoms with Crippen molar-refractivity contribution in [1.29, 1.82) is 0 Å². The molecule has 26 heavy (non-hydrogen) atoms. The summed E-state index contributed by atoms with van der Waals surface area (Å²) in [5, 5.41) is 15.1. The Morgan fingerprint density at radius 2 is 1.62 bits per heavy atom. The average Bonchev–Trinajstić information content (AvgIpc) is 3.11. The summed E-state index contributed by atoms with van der Waals surface area (Å²) in [4.78, 5) is 22.7. The Hall–Kier alpha value is -3.38. The van der Waals surface area contributed by atoms with Crippen LogP contribution in [0.5, 0.6) is 0 Å². The molecule has 1 N–H and O–H groups in total. The second-order valence-corrected chi connectivity index (χ2v) is 5.71. The Kier molecular flexibility index (Phi) is 5.15. The van der Waals surface area contributed by atoms with Crippen LogP contribution in [0.4, 0.5) is 0 Å². The molecule has 0 atom stereocenters. The van der Waals surface area contributed by atoms with Crippen LogP contribution in [0.2, 0.25) is 5.02 Å². The molecule has 0 aliphatic carbocycles. The lowest BCUT2D eigenvalue weighted by Crippen LogP contribution is -2.21. The summed E-state index contributed by atoms with van der Waals surface area (Å²) in [5.41, 5.74) is 3.62. The van der Waals surface area contributed by atoms with E-state index in [9.17, 15) is 14.7 Å². The first-order valence-corrected chi connectivity index (χ1v) is 7.91. The number of hydrogen-bond acceptors (Lipinski definition) is 5. The van der Waals surface area contributed by atoms with Gasteiger partial charge in [0.15, 0.2) is 0 Å². The highest BCUT2D eigenvalue weighted by molar-refractivity contribution is 6.30. The fraction of sp³-hybridized carbons (Fsp3) is 0. The first-order valence-electron chi connectivity index (χ1n) is 7.53. The highest BCUT2D eigenvalue weighted by Gasteiger charge is 2.05. The minimum absolute atomic E-state index is 0.0898. The van der Waals surface area contributed by atoms with Gasteiger partial charge in [-0.1, -0.05) is 35.9 Å². The first-order chi connectivity index (χ1) is 12.5. The number of benzene rings is 2. The van der Waals surface area contributed by atoms with Crippen molar-refractivity contribution in [2.45, 2.75) is 0 Å². The molecule has 1 amide bonds. The van der Waals surface area contributed by atoms with Crippen LogP contribution in [0.15, 0.2) is 70.2 Å². The fourth-order valence-electron chi connectivity index (χ4n) is 2.17. The molecular formula is C19H12ClN2O4-. The summed E-state index contributed by atoms with van der Waals surface area (Å²) >= 11 is 5.77. The molecule has 0 spiro atoms. The van der Waals surface area contributed by atoms with Gasteiger partial charge in [-0.15, -0.1) is 0 Å². The van der Waals surface area contributed by atoms with Gasteiger partial charge in [0.25, 0.3) is 5.91 Å². The molecule has 0 aliphatic rings. The number of halogens is 1. The molecule has 0 fully saturated rings. The van der Waals surface area contributed by atoms with E-state index in [1.165, 1.54) is 18.3 Å². The molecule has 0 aliphatic heterocycles. The molecule has 130 valence electrons. The lowest BCUT2D eigenvalue weighted by atomic mass is 10.1. The van der Waals surface area contributed by atoms with E-state index < -0.39 is 5.97 Å². The van der Waals surface area contributed by atoms with E-state index in [0.717, 1.165) is 0 Å². The molecule has 0 saturated heterocycles. The number of rotatable bonds is 5. The van der Waals surface area contributed by atoms with Crippen LogP contribution in [-0.4, -0.2) is 18.1 Å². The van der Waals surface area contributed by atoms with Crippen LogP contribution in [-0.2, 0) is 0 Å². The molecule has 0 bridgehead atoms. The Balaban J connectivity index is 1.64. The summed E-state index contributed by atoms with van der Waals surface area (Å²) in [5.74, 6) is -0.636. The average molecular weight is 368 g/mol. The van der Waals surface area contributed by atoms with E-state index in [1.54, 1.807) is 48.5 Å². The van der Waals surface area contributed by atoms with E-state index in [0.29, 0.717) is 27.7 Å². The molecule has 7 heteroatoms. The van der Waals surface area contributed by atoms with Crippen LogP contribution in [0.25, 0.3) is 11.3 Å². The van der Waals surface area contributed by atoms with Crippen molar-refractivity contribution in [2.24, 2.45) is 5.10 Å². The fourth-order valence-corrected chi connectivity index (χ4v) is 2.29. The Morgan fingerprint density at radius 3 is 2.27 bits per heavy atom. The van der Waals surface area contributed by atoms with E-state index in [-0.39, 0.29) is 11.5 Å². The van der Waals surface area contributed by atoms with Gasteiger partial charge in [0.1, 0.15) is 11.5 Å². The summed E-state index contributed by atoms with van der Waals surface area (Å²) in [6.45, 7) is 0. The van der Waals surface area contributed by atoms with Crippen molar-refractivity contribution < 1.29 is 19.1 Å². The van der Waals surface area contributed by atoms with Crippen LogP contribution >= 0.6 is 11.6 Å². The predicted octanol–water partition coefficient (Wildman–Crippen LogP) is 2.73. The van der Waals surface area contributed by atoms with Gasteiger partial charge >= 0.3 is 0 Å². The third-order valence-corrected chi connectivity index (χ3v) is 3.75. The van der Waals surface area contributed by atoms with Gasteiger partial charge in [-0.3, -0.25) is 4.79 Å². The number of nitrogens with one attached hydrogen (secondary N) is 1. The van der Waals surface area contributed by atoms with Crippen molar-refractivity contribution in [2.75, 3.05) is 0 Å². The van der Waals surface area contributed by atoms with E-state index in [4.69, 9.17) is 16.0 Å². The summed E-state index contributed by atoms with van der Waals surface area (Å²) in [6.07, 6.45) is 1.37. The maximum Gasteiger partial charge on any atom is 0.271 e. The second kappa shape index (κ2) is 7.67. The van der Waals surface area contributed by atoms with Gasteiger partial charge in [0, 0.05) is 16.1 Å². The normalized spacial score (nSPS) is 10.8. The molecule has 6 nitrogen and oxygen atoms in total. The van der Waals surface area contributed by atoms with Crippen LogP contribution in [0.1, 0.15) is 26.5 Å². The van der Waals surface area contributed by atoms with E-state index >= 15 is 0 Å². The Bertz CT molecular complexity index is 960. The number of carboxylic acid groups (broad SMARTS) is 1. The van der Waals surface area contributed by atoms with Crippen LogP contribution < -0.4 is 10.5 Å². The number of nitrogens with zero attached hydrogens (tertiary/aromatic N) is 1. The first kappa shape index (κ1) is 17.4. The number of carbonyl (C=O) groups excluding carboxylic acids is 2. The lowest BCUT2D eigenvalue weighted by molar-refractivity contribution is -0.255. The zero-order valence-electron chi connectivity index (χ0n) is 13.3. The topological polar surface area (TPSA) is 94.7 Å². The molecule has 0 radical (unpaired) electrons. The number of amides is 1. The van der Waals surface area contributed by atoms with Crippen molar-refractivity contribution in [1.82, 2.24) is 5.43 Å². The lowest BCUT2D eigenvalue weighted by Gasteiger charge is -2.02. The van der Waals surface area contributed by atoms with Crippen molar-refractivity contribution >= 4 is 29.7 Å². The Morgan fingerprint density at radius 1 is 0.962 bits per heavy atom. The van der Waals surface area contributed by atoms with Crippen molar-refractivity contribution in [3.8, 4) is 11.3 Å². The van der Waals surface area contributed by atoms with Gasteiger partial charge in [-0.2, -0.15) is 5.10 Å². The van der Waals surface area contributed by atoms with Crippen LogP contribution in [0, 0.1) is 0 Å². The largest absolute Gasteiger partial charge is 0.545 e. The van der Waals surface area contributed by atoms with Gasteiger partial charge in [-0.05, 0) is 42.0 Å². The minimum atomic E-state index is -1.24. The standard InChI is InChI=1S/C19H13ClN2O4/c20-15-7-5-13(6-8-15)18(23)22-21-11-16-9-10-17(26-16)12-1-3-14(4-2-12)19(24)25/h1-11H,(H,22,23)(H,24,25)/p-1/b21-11-. The molecule has 1 aromatic heterocycles. The molecule has 2 aromatic carbocycles. The summed E-state index contributed by atoms with van der Waals surface area (Å²) in [7, 11) is 0. The highest BCUT2D eigenvalue weighted by Crippen LogP contribution is 2.21. The van der Waals surface area contributed by atoms with E-state index in [1.807, 2.05) is 0 Å². The van der Waals surface area contributed by atoms with Gasteiger partial charge in [-0.25, -0.2) is 5.43 Å². The summed E-state index contributed by atoms with van der Waals surface area (Å²) < 4.78 is 5.59. The number of hydrazone groups is 1. The second-order valence-electron chi connectivity index (χ2n) is 5.27. The molecule has 3 rings (SSSR count). The third kappa shape index (κ3) is 4.17. The van der Waals surface area contributed by atoms with Crippen molar-refractivity contribution in [3.05, 3.63) is 82.6 Å². The smallest absolute Gasteiger partial charge is 0.271 e. The summed E-state index contributed by atoms with van der Waals surface area (Å²) in [6, 6.07) is 15.9. The number of carboxylic acids is 1.